The number of amides is 1. The molecule has 2 heterocycles. The molecule has 1 aromatic carbocycles. The van der Waals surface area contributed by atoms with Crippen LogP contribution in [0, 0.1) is 5.82 Å². The van der Waals surface area contributed by atoms with Gasteiger partial charge in [0, 0.05) is 45.7 Å². The first kappa shape index (κ1) is 21.0. The fourth-order valence-electron chi connectivity index (χ4n) is 3.81. The number of rotatable bonds is 5. The van der Waals surface area contributed by atoms with Crippen LogP contribution < -0.4 is 4.74 Å². The van der Waals surface area contributed by atoms with E-state index < -0.39 is 17.0 Å². The predicted octanol–water partition coefficient (Wildman–Crippen LogP) is 0.641. The summed E-state index contributed by atoms with van der Waals surface area (Å²) >= 11 is 0. The molecule has 2 N–H and O–H groups in total. The van der Waals surface area contributed by atoms with Crippen LogP contribution in [0.3, 0.4) is 0 Å². The van der Waals surface area contributed by atoms with Crippen molar-refractivity contribution in [1.29, 1.82) is 0 Å². The lowest BCUT2D eigenvalue weighted by Crippen LogP contribution is -2.55. The van der Waals surface area contributed by atoms with Crippen molar-refractivity contribution in [2.24, 2.45) is 0 Å². The van der Waals surface area contributed by atoms with E-state index in [1.165, 1.54) is 19.1 Å². The molecule has 0 spiro atoms. The highest BCUT2D eigenvalue weighted by molar-refractivity contribution is 5.73. The normalized spacial score (nSPS) is 25.9. The predicted molar refractivity (Wildman–Crippen MR) is 101 cm³/mol. The smallest absolute Gasteiger partial charge is 0.219 e. The van der Waals surface area contributed by atoms with Crippen LogP contribution in [0.1, 0.15) is 19.8 Å². The number of aliphatic hydroxyl groups is 2. The zero-order valence-electron chi connectivity index (χ0n) is 16.3. The van der Waals surface area contributed by atoms with Gasteiger partial charge in [0.15, 0.2) is 0 Å². The molecule has 2 fully saturated rings. The minimum atomic E-state index is -1.26. The molecule has 1 amide bonds. The van der Waals surface area contributed by atoms with Crippen LogP contribution in [0.4, 0.5) is 4.39 Å². The van der Waals surface area contributed by atoms with Gasteiger partial charge < -0.3 is 24.6 Å². The average molecular weight is 396 g/mol. The first-order valence-electron chi connectivity index (χ1n) is 9.66. The first-order valence-corrected chi connectivity index (χ1v) is 9.66. The quantitative estimate of drug-likeness (QED) is 0.760. The van der Waals surface area contributed by atoms with Crippen molar-refractivity contribution >= 4 is 5.91 Å². The molecule has 1 atom stereocenters. The third kappa shape index (κ3) is 5.64. The average Bonchev–Trinajstić information content (AvgIpc) is 2.82. The zero-order chi connectivity index (χ0) is 20.2. The number of piperidine rings is 1. The second kappa shape index (κ2) is 8.73. The van der Waals surface area contributed by atoms with Crippen molar-refractivity contribution in [2.45, 2.75) is 31.0 Å². The van der Waals surface area contributed by atoms with Gasteiger partial charge in [-0.15, -0.1) is 0 Å². The molecule has 2 aliphatic rings. The van der Waals surface area contributed by atoms with Crippen LogP contribution in [0.2, 0.25) is 0 Å². The minimum absolute atomic E-state index is 0.0223. The number of carbonyl (C=O) groups excluding carboxylic acids is 1. The maximum atomic E-state index is 13.3. The Balaban J connectivity index is 1.57. The Hall–Kier alpha value is -1.74. The Morgan fingerprint density at radius 1 is 1.25 bits per heavy atom. The number of β-amino-alcohol motifs (C(OH)–C–C–N with tert-alkyl or cyclic N) is 2. The molecule has 0 aromatic heterocycles. The molecule has 7 nitrogen and oxygen atoms in total. The van der Waals surface area contributed by atoms with Crippen molar-refractivity contribution in [3.05, 3.63) is 30.1 Å². The highest BCUT2D eigenvalue weighted by atomic mass is 19.1. The Bertz CT molecular complexity index is 680. The number of ether oxygens (including phenoxy) is 2. The van der Waals surface area contributed by atoms with Gasteiger partial charge in [0.05, 0.1) is 18.8 Å². The van der Waals surface area contributed by atoms with E-state index >= 15 is 0 Å². The lowest BCUT2D eigenvalue weighted by Gasteiger charge is -2.41. The molecule has 0 saturated carbocycles. The Morgan fingerprint density at radius 2 is 2.00 bits per heavy atom. The van der Waals surface area contributed by atoms with Gasteiger partial charge in [-0.2, -0.15) is 0 Å². The van der Waals surface area contributed by atoms with E-state index in [-0.39, 0.29) is 25.7 Å². The topological polar surface area (TPSA) is 82.5 Å². The van der Waals surface area contributed by atoms with Crippen LogP contribution in [0.15, 0.2) is 24.3 Å². The summed E-state index contributed by atoms with van der Waals surface area (Å²) in [5.74, 6) is -0.0316. The molecule has 156 valence electrons. The largest absolute Gasteiger partial charge is 0.490 e. The van der Waals surface area contributed by atoms with E-state index in [4.69, 9.17) is 9.47 Å². The second-order valence-corrected chi connectivity index (χ2v) is 7.96. The lowest BCUT2D eigenvalue weighted by atomic mass is 9.90. The molecule has 1 unspecified atom stereocenters. The van der Waals surface area contributed by atoms with E-state index in [1.54, 1.807) is 17.0 Å². The molecule has 8 heteroatoms. The minimum Gasteiger partial charge on any atom is -0.490 e. The van der Waals surface area contributed by atoms with E-state index in [9.17, 15) is 19.4 Å². The van der Waals surface area contributed by atoms with Gasteiger partial charge >= 0.3 is 0 Å². The molecule has 2 aliphatic heterocycles. The molecule has 1 aromatic rings. The summed E-state index contributed by atoms with van der Waals surface area (Å²) in [7, 11) is 0. The first-order chi connectivity index (χ1) is 13.3. The van der Waals surface area contributed by atoms with Crippen molar-refractivity contribution in [3.8, 4) is 5.75 Å². The maximum absolute atomic E-state index is 13.3. The molecule has 0 radical (unpaired) electrons. The lowest BCUT2D eigenvalue weighted by molar-refractivity contribution is -0.134. The number of nitrogens with zero attached hydrogens (tertiary/aromatic N) is 2. The Kier molecular flexibility index (Phi) is 6.54. The van der Waals surface area contributed by atoms with Crippen molar-refractivity contribution in [2.75, 3.05) is 52.5 Å². The number of likely N-dealkylation sites (tertiary alicyclic amines) is 1. The highest BCUT2D eigenvalue weighted by Crippen LogP contribution is 2.25. The van der Waals surface area contributed by atoms with Gasteiger partial charge in [0.25, 0.3) is 0 Å². The number of hydrogen-bond donors (Lipinski definition) is 2. The number of halogens is 1. The Morgan fingerprint density at radius 3 is 2.68 bits per heavy atom. The summed E-state index contributed by atoms with van der Waals surface area (Å²) in [5.41, 5.74) is -2.17. The van der Waals surface area contributed by atoms with E-state index in [0.29, 0.717) is 51.4 Å². The van der Waals surface area contributed by atoms with Gasteiger partial charge in [0.1, 0.15) is 23.8 Å². The molecule has 0 bridgehead atoms. The fourth-order valence-corrected chi connectivity index (χ4v) is 3.81. The zero-order valence-corrected chi connectivity index (χ0v) is 16.3. The fraction of sp³-hybridized carbons (Fsp3) is 0.650. The molecular formula is C20H29FN2O5. The van der Waals surface area contributed by atoms with E-state index in [2.05, 4.69) is 0 Å². The third-order valence-corrected chi connectivity index (χ3v) is 5.40. The Labute approximate surface area is 164 Å². The summed E-state index contributed by atoms with van der Waals surface area (Å²) in [6.45, 7) is 4.37. The van der Waals surface area contributed by atoms with Crippen molar-refractivity contribution < 1.29 is 28.9 Å². The summed E-state index contributed by atoms with van der Waals surface area (Å²) < 4.78 is 24.4. The molecule has 28 heavy (non-hydrogen) atoms. The van der Waals surface area contributed by atoms with Crippen LogP contribution in [-0.2, 0) is 9.53 Å². The SMILES string of the molecule is CC(=O)N1CCC(O)(CN2CCOCC(O)(COc3cccc(F)c3)C2)CC1. The van der Waals surface area contributed by atoms with Gasteiger partial charge in [-0.1, -0.05) is 6.07 Å². The molecular weight excluding hydrogens is 367 g/mol. The summed E-state index contributed by atoms with van der Waals surface area (Å²) in [6, 6.07) is 5.78. The van der Waals surface area contributed by atoms with Gasteiger partial charge in [0.2, 0.25) is 5.91 Å². The van der Waals surface area contributed by atoms with Crippen LogP contribution in [0.5, 0.6) is 5.75 Å². The monoisotopic (exact) mass is 396 g/mol. The number of carbonyl (C=O) groups is 1. The van der Waals surface area contributed by atoms with Gasteiger partial charge in [-0.05, 0) is 25.0 Å². The van der Waals surface area contributed by atoms with E-state index in [0.717, 1.165) is 0 Å². The summed E-state index contributed by atoms with van der Waals surface area (Å²) in [4.78, 5) is 15.2. The van der Waals surface area contributed by atoms with Crippen LogP contribution in [-0.4, -0.2) is 89.7 Å². The van der Waals surface area contributed by atoms with Crippen LogP contribution in [0.25, 0.3) is 0 Å². The maximum Gasteiger partial charge on any atom is 0.219 e. The van der Waals surface area contributed by atoms with Crippen LogP contribution >= 0.6 is 0 Å². The second-order valence-electron chi connectivity index (χ2n) is 7.96. The number of hydrogen-bond acceptors (Lipinski definition) is 6. The highest BCUT2D eigenvalue weighted by Gasteiger charge is 2.39. The molecule has 3 rings (SSSR count). The van der Waals surface area contributed by atoms with Crippen molar-refractivity contribution in [1.82, 2.24) is 9.80 Å². The third-order valence-electron chi connectivity index (χ3n) is 5.40. The molecule has 0 aliphatic carbocycles. The van der Waals surface area contributed by atoms with Crippen molar-refractivity contribution in [3.63, 3.8) is 0 Å². The summed E-state index contributed by atoms with van der Waals surface area (Å²) in [6.07, 6.45) is 1.00. The standard InChI is InChI=1S/C20H29FN2O5/c1-16(24)23-7-5-19(25,6-8-23)12-22-9-10-27-14-20(26,13-22)15-28-18-4-2-3-17(21)11-18/h2-4,11,25-26H,5-10,12-15H2,1H3. The molecule has 2 saturated heterocycles. The van der Waals surface area contributed by atoms with E-state index in [1.807, 2.05) is 4.90 Å². The van der Waals surface area contributed by atoms with Gasteiger partial charge in [-0.3, -0.25) is 9.69 Å². The van der Waals surface area contributed by atoms with Gasteiger partial charge in [-0.25, -0.2) is 4.39 Å². The number of benzene rings is 1. The summed E-state index contributed by atoms with van der Waals surface area (Å²) in [5, 5.41) is 21.9.